The summed E-state index contributed by atoms with van der Waals surface area (Å²) < 4.78 is 42.0. The van der Waals surface area contributed by atoms with Crippen molar-refractivity contribution in [3.05, 3.63) is 22.7 Å². The number of aryl methyl sites for hydroxylation is 1. The summed E-state index contributed by atoms with van der Waals surface area (Å²) in [6, 6.07) is 1.50. The predicted molar refractivity (Wildman–Crippen MR) is 93.1 cm³/mol. The van der Waals surface area contributed by atoms with Gasteiger partial charge in [0.2, 0.25) is 15.8 Å². The molecular formula is C15H21N3O6S. The van der Waals surface area contributed by atoms with Gasteiger partial charge in [0.05, 0.1) is 38.8 Å². The summed E-state index contributed by atoms with van der Waals surface area (Å²) in [7, 11) is 3.80. The van der Waals surface area contributed by atoms with Crippen molar-refractivity contribution in [3.63, 3.8) is 0 Å². The lowest BCUT2D eigenvalue weighted by molar-refractivity contribution is 0.326. The third kappa shape index (κ3) is 3.54. The molecule has 1 aromatic carbocycles. The molecule has 0 bridgehead atoms. The van der Waals surface area contributed by atoms with E-state index in [2.05, 4.69) is 4.98 Å². The quantitative estimate of drug-likeness (QED) is 0.691. The van der Waals surface area contributed by atoms with Gasteiger partial charge in [0.1, 0.15) is 5.52 Å². The van der Waals surface area contributed by atoms with Gasteiger partial charge in [-0.3, -0.25) is 9.36 Å². The Bertz CT molecular complexity index is 936. The normalized spacial score (nSPS) is 11.8. The average molecular weight is 371 g/mol. The third-order valence-electron chi connectivity index (χ3n) is 3.77. The average Bonchev–Trinajstić information content (AvgIpc) is 2.59. The van der Waals surface area contributed by atoms with Gasteiger partial charge in [0, 0.05) is 20.6 Å². The number of hydrogen-bond acceptors (Lipinski definition) is 7. The van der Waals surface area contributed by atoms with Gasteiger partial charge in [0.25, 0.3) is 5.56 Å². The number of benzene rings is 1. The molecule has 1 aromatic heterocycles. The Morgan fingerprint density at radius 1 is 1.12 bits per heavy atom. The molecule has 10 heteroatoms. The van der Waals surface area contributed by atoms with Crippen LogP contribution in [-0.4, -0.2) is 63.5 Å². The number of hydrogen-bond donors (Lipinski definition) is 0. The maximum absolute atomic E-state index is 12.7. The number of aromatic nitrogens is 2. The molecule has 0 aliphatic rings. The van der Waals surface area contributed by atoms with Crippen molar-refractivity contribution in [2.75, 3.05) is 41.2 Å². The standard InChI is InChI=1S/C15H21N3O6S/c1-17(2)25(20,21)7-6-18-9-16-12-10(15(18)19)8-11(22-3)13(23-4)14(12)24-5/h8-9H,6-7H2,1-5H3. The maximum Gasteiger partial charge on any atom is 0.261 e. The molecule has 0 spiro atoms. The van der Waals surface area contributed by atoms with E-state index in [0.717, 1.165) is 4.31 Å². The van der Waals surface area contributed by atoms with E-state index in [0.29, 0.717) is 17.0 Å². The molecule has 2 rings (SSSR count). The van der Waals surface area contributed by atoms with Crippen molar-refractivity contribution in [1.82, 2.24) is 13.9 Å². The van der Waals surface area contributed by atoms with Crippen LogP contribution >= 0.6 is 0 Å². The first-order chi connectivity index (χ1) is 11.8. The lowest BCUT2D eigenvalue weighted by Crippen LogP contribution is -2.30. The molecular weight excluding hydrogens is 350 g/mol. The molecule has 138 valence electrons. The molecule has 0 atom stereocenters. The second kappa shape index (κ2) is 7.28. The molecule has 0 unspecified atom stereocenters. The van der Waals surface area contributed by atoms with Crippen LogP contribution in [-0.2, 0) is 16.6 Å². The van der Waals surface area contributed by atoms with E-state index in [1.54, 1.807) is 0 Å². The zero-order chi connectivity index (χ0) is 18.8. The third-order valence-corrected chi connectivity index (χ3v) is 5.58. The van der Waals surface area contributed by atoms with E-state index in [1.807, 2.05) is 0 Å². The minimum atomic E-state index is -3.43. The van der Waals surface area contributed by atoms with Crippen molar-refractivity contribution in [2.24, 2.45) is 0 Å². The molecule has 0 amide bonds. The van der Waals surface area contributed by atoms with Gasteiger partial charge in [-0.05, 0) is 6.07 Å². The lowest BCUT2D eigenvalue weighted by Gasteiger charge is -2.15. The van der Waals surface area contributed by atoms with Crippen molar-refractivity contribution in [1.29, 1.82) is 0 Å². The Balaban J connectivity index is 2.58. The lowest BCUT2D eigenvalue weighted by atomic mass is 10.2. The SMILES string of the molecule is COc1cc2c(=O)n(CCS(=O)(=O)N(C)C)cnc2c(OC)c1OC. The van der Waals surface area contributed by atoms with E-state index in [-0.39, 0.29) is 23.4 Å². The number of sulfonamides is 1. The molecule has 0 aliphatic heterocycles. The molecule has 9 nitrogen and oxygen atoms in total. The smallest absolute Gasteiger partial charge is 0.261 e. The molecule has 0 radical (unpaired) electrons. The number of methoxy groups -OCH3 is 3. The van der Waals surface area contributed by atoms with Crippen LogP contribution in [0.4, 0.5) is 0 Å². The largest absolute Gasteiger partial charge is 0.493 e. The summed E-state index contributed by atoms with van der Waals surface area (Å²) in [4.78, 5) is 17.0. The van der Waals surface area contributed by atoms with Crippen LogP contribution in [0.15, 0.2) is 17.2 Å². The van der Waals surface area contributed by atoms with Crippen molar-refractivity contribution in [3.8, 4) is 17.2 Å². The van der Waals surface area contributed by atoms with Crippen LogP contribution in [0.25, 0.3) is 10.9 Å². The molecule has 0 aliphatic carbocycles. The molecule has 25 heavy (non-hydrogen) atoms. The summed E-state index contributed by atoms with van der Waals surface area (Å²) in [5.74, 6) is 0.723. The van der Waals surface area contributed by atoms with Gasteiger partial charge in [0.15, 0.2) is 11.5 Å². The molecule has 0 N–H and O–H groups in total. The fourth-order valence-corrected chi connectivity index (χ4v) is 3.11. The van der Waals surface area contributed by atoms with E-state index < -0.39 is 15.6 Å². The first-order valence-corrected chi connectivity index (χ1v) is 8.96. The Hall–Kier alpha value is -2.33. The second-order valence-electron chi connectivity index (χ2n) is 5.38. The molecule has 2 aromatic rings. The minimum absolute atomic E-state index is 0.0149. The summed E-state index contributed by atoms with van der Waals surface area (Å²) in [6.45, 7) is -0.0149. The Labute approximate surface area is 145 Å². The van der Waals surface area contributed by atoms with E-state index in [9.17, 15) is 13.2 Å². The highest BCUT2D eigenvalue weighted by Gasteiger charge is 2.20. The predicted octanol–water partition coefficient (Wildman–Crippen LogP) is 0.314. The van der Waals surface area contributed by atoms with Crippen LogP contribution in [0.3, 0.4) is 0 Å². The number of ether oxygens (including phenoxy) is 3. The minimum Gasteiger partial charge on any atom is -0.493 e. The monoisotopic (exact) mass is 371 g/mol. The summed E-state index contributed by atoms with van der Waals surface area (Å²) in [5.41, 5.74) is -0.0740. The zero-order valence-electron chi connectivity index (χ0n) is 14.8. The van der Waals surface area contributed by atoms with Gasteiger partial charge in [-0.25, -0.2) is 17.7 Å². The van der Waals surface area contributed by atoms with Crippen molar-refractivity contribution < 1.29 is 22.6 Å². The Morgan fingerprint density at radius 3 is 2.28 bits per heavy atom. The Morgan fingerprint density at radius 2 is 1.76 bits per heavy atom. The zero-order valence-corrected chi connectivity index (χ0v) is 15.6. The fourth-order valence-electron chi connectivity index (χ4n) is 2.32. The van der Waals surface area contributed by atoms with Crippen molar-refractivity contribution >= 4 is 20.9 Å². The summed E-state index contributed by atoms with van der Waals surface area (Å²) in [6.07, 6.45) is 1.30. The molecule has 1 heterocycles. The van der Waals surface area contributed by atoms with Gasteiger partial charge < -0.3 is 14.2 Å². The highest BCUT2D eigenvalue weighted by Crippen LogP contribution is 2.41. The molecule has 0 fully saturated rings. The number of rotatable bonds is 7. The van der Waals surface area contributed by atoms with E-state index in [1.165, 1.54) is 52.4 Å². The number of fused-ring (bicyclic) bond motifs is 1. The van der Waals surface area contributed by atoms with Crippen LogP contribution in [0.1, 0.15) is 0 Å². The fraction of sp³-hybridized carbons (Fsp3) is 0.467. The summed E-state index contributed by atoms with van der Waals surface area (Å²) >= 11 is 0. The first kappa shape index (κ1) is 19.0. The summed E-state index contributed by atoms with van der Waals surface area (Å²) in [5, 5.41) is 0.249. The van der Waals surface area contributed by atoms with Crippen LogP contribution in [0.5, 0.6) is 17.2 Å². The van der Waals surface area contributed by atoms with E-state index in [4.69, 9.17) is 14.2 Å². The van der Waals surface area contributed by atoms with E-state index >= 15 is 0 Å². The first-order valence-electron chi connectivity index (χ1n) is 7.35. The van der Waals surface area contributed by atoms with Crippen molar-refractivity contribution in [2.45, 2.75) is 6.54 Å². The molecule has 0 saturated heterocycles. The second-order valence-corrected chi connectivity index (χ2v) is 7.69. The van der Waals surface area contributed by atoms with Crippen LogP contribution < -0.4 is 19.8 Å². The van der Waals surface area contributed by atoms with Gasteiger partial charge in [-0.15, -0.1) is 0 Å². The van der Waals surface area contributed by atoms with Crippen LogP contribution in [0, 0.1) is 0 Å². The van der Waals surface area contributed by atoms with Gasteiger partial charge in [-0.1, -0.05) is 0 Å². The highest BCUT2D eigenvalue weighted by atomic mass is 32.2. The topological polar surface area (TPSA) is 100.0 Å². The Kier molecular flexibility index (Phi) is 5.53. The highest BCUT2D eigenvalue weighted by molar-refractivity contribution is 7.89. The van der Waals surface area contributed by atoms with Gasteiger partial charge >= 0.3 is 0 Å². The van der Waals surface area contributed by atoms with Crippen LogP contribution in [0.2, 0.25) is 0 Å². The number of nitrogens with zero attached hydrogens (tertiary/aromatic N) is 3. The molecule has 0 saturated carbocycles. The maximum atomic E-state index is 12.7. The van der Waals surface area contributed by atoms with Gasteiger partial charge in [-0.2, -0.15) is 0 Å².